The number of nitrogens with one attached hydrogen (secondary N) is 1. The lowest BCUT2D eigenvalue weighted by Gasteiger charge is -2.49. The molecule has 2 saturated carbocycles. The summed E-state index contributed by atoms with van der Waals surface area (Å²) in [5, 5.41) is 14.0. The van der Waals surface area contributed by atoms with E-state index in [0.717, 1.165) is 43.5 Å². The third-order valence-electron chi connectivity index (χ3n) is 7.93. The summed E-state index contributed by atoms with van der Waals surface area (Å²) in [7, 11) is 4.18. The van der Waals surface area contributed by atoms with Crippen LogP contribution in [-0.4, -0.2) is 37.2 Å². The third kappa shape index (κ3) is 3.34. The summed E-state index contributed by atoms with van der Waals surface area (Å²) in [5.41, 5.74) is 5.89. The van der Waals surface area contributed by atoms with Crippen molar-refractivity contribution in [2.45, 2.75) is 57.9 Å². The van der Waals surface area contributed by atoms with Crippen molar-refractivity contribution in [2.24, 2.45) is 17.3 Å². The lowest BCUT2D eigenvalue weighted by molar-refractivity contribution is 0.0816. The molecule has 4 atom stereocenters. The second-order valence-corrected chi connectivity index (χ2v) is 9.67. The van der Waals surface area contributed by atoms with E-state index in [1.165, 1.54) is 48.8 Å². The zero-order valence-electron chi connectivity index (χ0n) is 17.4. The maximum Gasteiger partial charge on any atom is 0.120 e. The van der Waals surface area contributed by atoms with Crippen LogP contribution in [0.4, 0.5) is 0 Å². The number of allylic oxidation sites excluding steroid dienone is 1. The van der Waals surface area contributed by atoms with Crippen molar-refractivity contribution in [1.82, 2.24) is 10.2 Å². The Bertz CT molecular complexity index is 725. The Morgan fingerprint density at radius 3 is 2.81 bits per heavy atom. The van der Waals surface area contributed by atoms with Crippen LogP contribution in [0.15, 0.2) is 24.3 Å². The van der Waals surface area contributed by atoms with Gasteiger partial charge in [0.2, 0.25) is 0 Å². The van der Waals surface area contributed by atoms with Gasteiger partial charge in [-0.25, -0.2) is 0 Å². The molecule has 1 aromatic carbocycles. The van der Waals surface area contributed by atoms with Crippen LogP contribution in [0.3, 0.4) is 0 Å². The van der Waals surface area contributed by atoms with Gasteiger partial charge in [-0.3, -0.25) is 0 Å². The van der Waals surface area contributed by atoms with Crippen molar-refractivity contribution < 1.29 is 5.11 Å². The van der Waals surface area contributed by atoms with E-state index in [1.807, 2.05) is 0 Å². The van der Waals surface area contributed by atoms with Crippen molar-refractivity contribution in [3.8, 4) is 5.75 Å². The van der Waals surface area contributed by atoms with E-state index in [4.69, 9.17) is 0 Å². The average molecular weight is 369 g/mol. The standard InChI is InChI=1S/C24H36N2O/c1-16-5-8-22-20-7-6-17-14-23(27)18(15-25-11-12-26(3)4)13-21(17)19(20)9-10-24(16,22)2/h13-14,19-20,22,25,27H,1,5-12,15H2,2-4H3/t19?,20?,22?,24-/m1/s1. The smallest absolute Gasteiger partial charge is 0.120 e. The molecule has 3 aliphatic carbocycles. The van der Waals surface area contributed by atoms with Crippen LogP contribution in [0, 0.1) is 17.3 Å². The summed E-state index contributed by atoms with van der Waals surface area (Å²) in [4.78, 5) is 2.18. The van der Waals surface area contributed by atoms with Gasteiger partial charge in [0.05, 0.1) is 0 Å². The minimum Gasteiger partial charge on any atom is -0.508 e. The molecular formula is C24H36N2O. The van der Waals surface area contributed by atoms with E-state index in [1.54, 1.807) is 0 Å². The second-order valence-electron chi connectivity index (χ2n) is 9.67. The number of phenolic OH excluding ortho intramolecular Hbond substituents is 1. The first kappa shape index (κ1) is 19.0. The topological polar surface area (TPSA) is 35.5 Å². The molecule has 3 unspecified atom stereocenters. The molecule has 0 saturated heterocycles. The van der Waals surface area contributed by atoms with Crippen molar-refractivity contribution in [3.63, 3.8) is 0 Å². The molecular weight excluding hydrogens is 332 g/mol. The largest absolute Gasteiger partial charge is 0.508 e. The van der Waals surface area contributed by atoms with Gasteiger partial charge in [-0.2, -0.15) is 0 Å². The predicted octanol–water partition coefficient (Wildman–Crippen LogP) is 4.46. The summed E-state index contributed by atoms with van der Waals surface area (Å²) in [5.74, 6) is 2.76. The van der Waals surface area contributed by atoms with Gasteiger partial charge in [0, 0.05) is 25.2 Å². The predicted molar refractivity (Wildman–Crippen MR) is 112 cm³/mol. The van der Waals surface area contributed by atoms with Gasteiger partial charge in [0.15, 0.2) is 0 Å². The Hall–Kier alpha value is -1.32. The lowest BCUT2D eigenvalue weighted by atomic mass is 9.55. The molecule has 0 amide bonds. The van der Waals surface area contributed by atoms with Crippen LogP contribution < -0.4 is 5.32 Å². The van der Waals surface area contributed by atoms with Gasteiger partial charge in [-0.05, 0) is 93.0 Å². The van der Waals surface area contributed by atoms with Crippen LogP contribution in [0.1, 0.15) is 61.6 Å². The molecule has 27 heavy (non-hydrogen) atoms. The van der Waals surface area contributed by atoms with Crippen LogP contribution in [0.25, 0.3) is 0 Å². The maximum absolute atomic E-state index is 10.5. The molecule has 0 aliphatic heterocycles. The molecule has 2 fully saturated rings. The van der Waals surface area contributed by atoms with Crippen molar-refractivity contribution in [3.05, 3.63) is 41.0 Å². The molecule has 2 N–H and O–H groups in total. The normalized spacial score (nSPS) is 32.3. The Kier molecular flexibility index (Phi) is 5.11. The van der Waals surface area contributed by atoms with Gasteiger partial charge in [0.25, 0.3) is 0 Å². The van der Waals surface area contributed by atoms with E-state index in [0.29, 0.717) is 17.1 Å². The number of likely N-dealkylation sites (N-methyl/N-ethyl adjacent to an activating group) is 1. The van der Waals surface area contributed by atoms with Gasteiger partial charge in [0.1, 0.15) is 5.75 Å². The van der Waals surface area contributed by atoms with Gasteiger partial charge < -0.3 is 15.3 Å². The first-order valence-electron chi connectivity index (χ1n) is 10.8. The SMILES string of the molecule is C=C1CCC2C3CCc4cc(O)c(CNCCN(C)C)cc4C3CC[C@]12C. The molecule has 3 aliphatic rings. The molecule has 0 bridgehead atoms. The van der Waals surface area contributed by atoms with Crippen molar-refractivity contribution >= 4 is 0 Å². The summed E-state index contributed by atoms with van der Waals surface area (Å²) in [6.07, 6.45) is 7.54. The zero-order valence-corrected chi connectivity index (χ0v) is 17.4. The van der Waals surface area contributed by atoms with E-state index in [-0.39, 0.29) is 0 Å². The highest BCUT2D eigenvalue weighted by atomic mass is 16.3. The highest BCUT2D eigenvalue weighted by Gasteiger charge is 2.51. The number of nitrogens with zero attached hydrogens (tertiary/aromatic N) is 1. The monoisotopic (exact) mass is 368 g/mol. The van der Waals surface area contributed by atoms with Gasteiger partial charge in [-0.1, -0.05) is 25.1 Å². The van der Waals surface area contributed by atoms with Crippen molar-refractivity contribution in [1.29, 1.82) is 0 Å². The van der Waals surface area contributed by atoms with E-state index in [2.05, 4.69) is 49.9 Å². The number of rotatable bonds is 5. The minimum absolute atomic E-state index is 0.381. The van der Waals surface area contributed by atoms with E-state index >= 15 is 0 Å². The first-order valence-corrected chi connectivity index (χ1v) is 10.8. The lowest BCUT2D eigenvalue weighted by Crippen LogP contribution is -2.40. The summed E-state index contributed by atoms with van der Waals surface area (Å²) in [6.45, 7) is 9.62. The fourth-order valence-electron chi connectivity index (χ4n) is 6.23. The van der Waals surface area contributed by atoms with E-state index in [9.17, 15) is 5.11 Å². The number of phenols is 1. The minimum atomic E-state index is 0.381. The Labute approximate surface area is 164 Å². The highest BCUT2D eigenvalue weighted by Crippen LogP contribution is 2.62. The number of hydrogen-bond donors (Lipinski definition) is 2. The number of fused-ring (bicyclic) bond motifs is 5. The number of aromatic hydroxyl groups is 1. The highest BCUT2D eigenvalue weighted by molar-refractivity contribution is 5.46. The molecule has 4 rings (SSSR count). The molecule has 3 nitrogen and oxygen atoms in total. The average Bonchev–Trinajstić information content (AvgIpc) is 2.94. The summed E-state index contributed by atoms with van der Waals surface area (Å²) < 4.78 is 0. The first-order chi connectivity index (χ1) is 12.9. The second kappa shape index (κ2) is 7.25. The Morgan fingerprint density at radius 1 is 1.22 bits per heavy atom. The van der Waals surface area contributed by atoms with Crippen molar-refractivity contribution in [2.75, 3.05) is 27.2 Å². The van der Waals surface area contributed by atoms with Crippen LogP contribution in [0.5, 0.6) is 5.75 Å². The molecule has 0 spiro atoms. The molecule has 0 aromatic heterocycles. The quantitative estimate of drug-likeness (QED) is 0.595. The number of hydrogen-bond acceptors (Lipinski definition) is 3. The zero-order chi connectivity index (χ0) is 19.2. The fraction of sp³-hybridized carbons (Fsp3) is 0.667. The molecule has 1 aromatic rings. The van der Waals surface area contributed by atoms with Crippen LogP contribution >= 0.6 is 0 Å². The summed E-state index contributed by atoms with van der Waals surface area (Å²) >= 11 is 0. The Balaban J connectivity index is 1.54. The maximum atomic E-state index is 10.5. The number of benzene rings is 1. The molecule has 148 valence electrons. The van der Waals surface area contributed by atoms with Crippen LogP contribution in [-0.2, 0) is 13.0 Å². The van der Waals surface area contributed by atoms with Crippen LogP contribution in [0.2, 0.25) is 0 Å². The third-order valence-corrected chi connectivity index (χ3v) is 7.93. The Morgan fingerprint density at radius 2 is 2.04 bits per heavy atom. The fourth-order valence-corrected chi connectivity index (χ4v) is 6.23. The van der Waals surface area contributed by atoms with Gasteiger partial charge >= 0.3 is 0 Å². The summed E-state index contributed by atoms with van der Waals surface area (Å²) in [6, 6.07) is 4.40. The van der Waals surface area contributed by atoms with E-state index < -0.39 is 0 Å². The molecule has 0 heterocycles. The van der Waals surface area contributed by atoms with Gasteiger partial charge in [-0.15, -0.1) is 0 Å². The molecule has 0 radical (unpaired) electrons. The number of aryl methyl sites for hydroxylation is 1. The molecule has 3 heteroatoms.